The van der Waals surface area contributed by atoms with Gasteiger partial charge < -0.3 is 14.9 Å². The Hall–Kier alpha value is -1.34. The summed E-state index contributed by atoms with van der Waals surface area (Å²) in [6.07, 6.45) is 1.95. The Kier molecular flexibility index (Phi) is 5.05. The molecule has 0 aromatic heterocycles. The van der Waals surface area contributed by atoms with Crippen molar-refractivity contribution in [1.29, 1.82) is 0 Å². The quantitative estimate of drug-likeness (QED) is 0.790. The van der Waals surface area contributed by atoms with E-state index in [9.17, 15) is 14.7 Å². The number of urea groups is 1. The molecule has 7 heteroatoms. The van der Waals surface area contributed by atoms with Crippen molar-refractivity contribution < 1.29 is 14.7 Å². The summed E-state index contributed by atoms with van der Waals surface area (Å²) in [5.41, 5.74) is 2.13. The molecular formula is C14H26N4O3. The van der Waals surface area contributed by atoms with Gasteiger partial charge in [-0.15, -0.1) is 0 Å². The zero-order chi connectivity index (χ0) is 15.5. The van der Waals surface area contributed by atoms with Gasteiger partial charge in [0.25, 0.3) is 0 Å². The van der Waals surface area contributed by atoms with Crippen molar-refractivity contribution in [1.82, 2.24) is 20.2 Å². The molecular weight excluding hydrogens is 272 g/mol. The van der Waals surface area contributed by atoms with Crippen LogP contribution in [0.25, 0.3) is 0 Å². The lowest BCUT2D eigenvalue weighted by molar-refractivity contribution is -0.152. The number of carboxylic acid groups (broad SMARTS) is 1. The smallest absolute Gasteiger partial charge is 0.331 e. The Balaban J connectivity index is 1.91. The van der Waals surface area contributed by atoms with E-state index in [1.807, 2.05) is 11.9 Å². The average molecular weight is 298 g/mol. The van der Waals surface area contributed by atoms with E-state index in [1.54, 1.807) is 4.90 Å². The highest BCUT2D eigenvalue weighted by molar-refractivity contribution is 5.78. The summed E-state index contributed by atoms with van der Waals surface area (Å²) in [6, 6.07) is -0.168. The number of hydrazine groups is 1. The molecule has 7 nitrogen and oxygen atoms in total. The second-order valence-electron chi connectivity index (χ2n) is 6.17. The van der Waals surface area contributed by atoms with Gasteiger partial charge in [-0.3, -0.25) is 10.2 Å². The lowest BCUT2D eigenvalue weighted by Gasteiger charge is -2.40. The Bertz CT molecular complexity index is 396. The van der Waals surface area contributed by atoms with Crippen molar-refractivity contribution >= 4 is 12.0 Å². The molecule has 0 spiro atoms. The summed E-state index contributed by atoms with van der Waals surface area (Å²) in [4.78, 5) is 27.7. The van der Waals surface area contributed by atoms with Crippen molar-refractivity contribution in [3.63, 3.8) is 0 Å². The second kappa shape index (κ2) is 6.62. The highest BCUT2D eigenvalue weighted by Gasteiger charge is 2.42. The van der Waals surface area contributed by atoms with Crippen LogP contribution in [0.3, 0.4) is 0 Å². The van der Waals surface area contributed by atoms with Crippen molar-refractivity contribution in [2.24, 2.45) is 5.41 Å². The van der Waals surface area contributed by atoms with Gasteiger partial charge in [0.05, 0.1) is 5.41 Å². The Morgan fingerprint density at radius 3 is 2.43 bits per heavy atom. The van der Waals surface area contributed by atoms with Crippen LogP contribution in [0.15, 0.2) is 0 Å². The lowest BCUT2D eigenvalue weighted by Crippen LogP contribution is -2.58. The highest BCUT2D eigenvalue weighted by Crippen LogP contribution is 2.33. The van der Waals surface area contributed by atoms with Gasteiger partial charge in [0, 0.05) is 39.3 Å². The predicted octanol–water partition coefficient (Wildman–Crippen LogP) is 0.435. The third-order valence-corrected chi connectivity index (χ3v) is 4.75. The zero-order valence-electron chi connectivity index (χ0n) is 13.0. The summed E-state index contributed by atoms with van der Waals surface area (Å²) < 4.78 is 0. The fourth-order valence-corrected chi connectivity index (χ4v) is 3.04. The van der Waals surface area contributed by atoms with Gasteiger partial charge in [0.2, 0.25) is 0 Å². The Morgan fingerprint density at radius 2 is 1.86 bits per heavy atom. The van der Waals surface area contributed by atoms with E-state index in [-0.39, 0.29) is 6.03 Å². The number of aliphatic carboxylic acids is 1. The topological polar surface area (TPSA) is 76.1 Å². The number of carbonyl (C=O) groups is 2. The maximum atomic E-state index is 12.3. The van der Waals surface area contributed by atoms with Gasteiger partial charge in [-0.25, -0.2) is 9.80 Å². The third kappa shape index (κ3) is 3.65. The second-order valence-corrected chi connectivity index (χ2v) is 6.17. The number of likely N-dealkylation sites (tertiary alicyclic amines) is 1. The van der Waals surface area contributed by atoms with Gasteiger partial charge in [-0.2, -0.15) is 0 Å². The van der Waals surface area contributed by atoms with E-state index < -0.39 is 11.4 Å². The third-order valence-electron chi connectivity index (χ3n) is 4.75. The zero-order valence-corrected chi connectivity index (χ0v) is 13.0. The molecule has 0 aromatic rings. The van der Waals surface area contributed by atoms with Crippen molar-refractivity contribution in [3.05, 3.63) is 0 Å². The van der Waals surface area contributed by atoms with Crippen LogP contribution in [0, 0.1) is 5.41 Å². The molecule has 0 saturated carbocycles. The van der Waals surface area contributed by atoms with Crippen molar-refractivity contribution in [2.75, 3.05) is 46.3 Å². The van der Waals surface area contributed by atoms with Gasteiger partial charge in [0.1, 0.15) is 0 Å². The van der Waals surface area contributed by atoms with Crippen LogP contribution in [-0.4, -0.2) is 78.2 Å². The predicted molar refractivity (Wildman–Crippen MR) is 78.8 cm³/mol. The van der Waals surface area contributed by atoms with Crippen LogP contribution in [0.1, 0.15) is 26.2 Å². The molecule has 120 valence electrons. The van der Waals surface area contributed by atoms with Gasteiger partial charge in [0.15, 0.2) is 0 Å². The summed E-state index contributed by atoms with van der Waals surface area (Å²) in [5.74, 6) is -0.790. The van der Waals surface area contributed by atoms with Crippen LogP contribution in [0.4, 0.5) is 4.79 Å². The fourth-order valence-electron chi connectivity index (χ4n) is 3.04. The summed E-state index contributed by atoms with van der Waals surface area (Å²) >= 11 is 0. The minimum absolute atomic E-state index is 0.168. The van der Waals surface area contributed by atoms with Crippen molar-refractivity contribution in [3.8, 4) is 0 Å². The molecule has 2 amide bonds. The first-order valence-corrected chi connectivity index (χ1v) is 7.69. The highest BCUT2D eigenvalue weighted by atomic mass is 16.4. The standard InChI is InChI=1S/C14H26N4O3/c1-3-14(12(19)20)5-4-6-17(11-14)13(21)15-18-9-7-16(2)8-10-18/h3-11H2,1-2H3,(H,15,21)(H,19,20). The van der Waals surface area contributed by atoms with E-state index in [0.717, 1.165) is 32.6 Å². The minimum atomic E-state index is -0.790. The molecule has 0 bridgehead atoms. The number of rotatable bonds is 3. The number of hydrogen-bond donors (Lipinski definition) is 2. The van der Waals surface area contributed by atoms with Gasteiger partial charge in [-0.1, -0.05) is 6.92 Å². The number of carbonyl (C=O) groups excluding carboxylic acids is 1. The summed E-state index contributed by atoms with van der Waals surface area (Å²) in [6.45, 7) is 6.27. The van der Waals surface area contributed by atoms with Crippen LogP contribution >= 0.6 is 0 Å². The van der Waals surface area contributed by atoms with Crippen LogP contribution in [0.2, 0.25) is 0 Å². The van der Waals surface area contributed by atoms with E-state index in [4.69, 9.17) is 0 Å². The van der Waals surface area contributed by atoms with E-state index in [2.05, 4.69) is 17.4 Å². The normalized spacial score (nSPS) is 28.4. The molecule has 2 saturated heterocycles. The molecule has 0 aliphatic carbocycles. The number of likely N-dealkylation sites (N-methyl/N-ethyl adjacent to an activating group) is 1. The summed E-state index contributed by atoms with van der Waals surface area (Å²) in [5, 5.41) is 11.4. The van der Waals surface area contributed by atoms with Gasteiger partial charge in [-0.05, 0) is 26.3 Å². The molecule has 2 N–H and O–H groups in total. The number of nitrogens with one attached hydrogen (secondary N) is 1. The minimum Gasteiger partial charge on any atom is -0.481 e. The molecule has 21 heavy (non-hydrogen) atoms. The van der Waals surface area contributed by atoms with E-state index in [1.165, 1.54) is 0 Å². The Morgan fingerprint density at radius 1 is 1.19 bits per heavy atom. The fraction of sp³-hybridized carbons (Fsp3) is 0.857. The maximum absolute atomic E-state index is 12.3. The van der Waals surface area contributed by atoms with E-state index >= 15 is 0 Å². The monoisotopic (exact) mass is 298 g/mol. The first-order chi connectivity index (χ1) is 9.97. The largest absolute Gasteiger partial charge is 0.481 e. The molecule has 2 rings (SSSR count). The number of piperidine rings is 1. The number of nitrogens with zero attached hydrogens (tertiary/aromatic N) is 3. The number of carboxylic acids is 1. The maximum Gasteiger partial charge on any atom is 0.331 e. The molecule has 1 unspecified atom stereocenters. The van der Waals surface area contributed by atoms with Crippen LogP contribution in [-0.2, 0) is 4.79 Å². The molecule has 2 aliphatic heterocycles. The Labute approximate surface area is 125 Å². The first-order valence-electron chi connectivity index (χ1n) is 7.69. The summed E-state index contributed by atoms with van der Waals surface area (Å²) in [7, 11) is 2.06. The molecule has 2 aliphatic rings. The molecule has 0 aromatic carbocycles. The van der Waals surface area contributed by atoms with Crippen molar-refractivity contribution in [2.45, 2.75) is 26.2 Å². The van der Waals surface area contributed by atoms with E-state index in [0.29, 0.717) is 25.9 Å². The number of piperazine rings is 1. The number of hydrogen-bond acceptors (Lipinski definition) is 4. The van der Waals surface area contributed by atoms with Gasteiger partial charge >= 0.3 is 12.0 Å². The molecule has 0 radical (unpaired) electrons. The first kappa shape index (κ1) is 16.0. The van der Waals surface area contributed by atoms with Crippen LogP contribution < -0.4 is 5.43 Å². The van der Waals surface area contributed by atoms with Crippen LogP contribution in [0.5, 0.6) is 0 Å². The molecule has 2 fully saturated rings. The lowest BCUT2D eigenvalue weighted by atomic mass is 9.78. The SMILES string of the molecule is CCC1(C(=O)O)CCCN(C(=O)NN2CCN(C)CC2)C1. The molecule has 1 atom stereocenters. The number of amides is 2. The molecule has 2 heterocycles. The average Bonchev–Trinajstić information content (AvgIpc) is 2.49.